The van der Waals surface area contributed by atoms with Gasteiger partial charge in [0.25, 0.3) is 0 Å². The molecule has 1 aliphatic rings. The van der Waals surface area contributed by atoms with Gasteiger partial charge in [-0.3, -0.25) is 4.90 Å². The Hall–Kier alpha value is -1.59. The van der Waals surface area contributed by atoms with Gasteiger partial charge in [-0.1, -0.05) is 0 Å². The van der Waals surface area contributed by atoms with Crippen LogP contribution in [0.25, 0.3) is 0 Å². The van der Waals surface area contributed by atoms with Crippen molar-refractivity contribution in [2.45, 2.75) is 25.8 Å². The third-order valence-electron chi connectivity index (χ3n) is 4.53. The van der Waals surface area contributed by atoms with Crippen molar-refractivity contribution < 1.29 is 4.74 Å². The number of hydrogen-bond acceptors (Lipinski definition) is 5. The molecular formula is C18H25N3OS. The standard InChI is InChI=1S/C18H25N3OS/c1-18(2)13-20(9-8-15-12-23-14-19-15)10-11-21(18)16-4-6-17(22-3)7-5-16/h4-7,12,14H,8-11,13H2,1-3H3. The minimum Gasteiger partial charge on any atom is -0.497 e. The first-order valence-corrected chi connectivity index (χ1v) is 9.04. The van der Waals surface area contributed by atoms with Gasteiger partial charge in [0.05, 0.1) is 18.3 Å². The van der Waals surface area contributed by atoms with E-state index in [2.05, 4.69) is 46.1 Å². The van der Waals surface area contributed by atoms with E-state index in [0.717, 1.165) is 38.3 Å². The second kappa shape index (κ2) is 6.89. The lowest BCUT2D eigenvalue weighted by molar-refractivity contribution is 0.184. The van der Waals surface area contributed by atoms with Gasteiger partial charge in [-0.05, 0) is 38.1 Å². The predicted octanol–water partition coefficient (Wildman–Crippen LogP) is 3.30. The third kappa shape index (κ3) is 3.85. The molecule has 2 aromatic rings. The lowest BCUT2D eigenvalue weighted by atomic mass is 9.97. The second-order valence-corrected chi connectivity index (χ2v) is 7.39. The van der Waals surface area contributed by atoms with Gasteiger partial charge in [-0.25, -0.2) is 4.98 Å². The number of aromatic nitrogens is 1. The predicted molar refractivity (Wildman–Crippen MR) is 96.7 cm³/mol. The summed E-state index contributed by atoms with van der Waals surface area (Å²) >= 11 is 1.68. The van der Waals surface area contributed by atoms with E-state index >= 15 is 0 Å². The highest BCUT2D eigenvalue weighted by Crippen LogP contribution is 2.29. The molecule has 0 radical (unpaired) electrons. The zero-order chi connectivity index (χ0) is 16.3. The summed E-state index contributed by atoms with van der Waals surface area (Å²) in [5.41, 5.74) is 4.52. The van der Waals surface area contributed by atoms with Crippen LogP contribution in [-0.2, 0) is 6.42 Å². The van der Waals surface area contributed by atoms with Crippen molar-refractivity contribution in [3.8, 4) is 5.75 Å². The molecule has 1 aliphatic heterocycles. The number of rotatable bonds is 5. The smallest absolute Gasteiger partial charge is 0.119 e. The fourth-order valence-electron chi connectivity index (χ4n) is 3.32. The van der Waals surface area contributed by atoms with Crippen molar-refractivity contribution in [1.29, 1.82) is 0 Å². The largest absolute Gasteiger partial charge is 0.497 e. The normalized spacial score (nSPS) is 18.1. The number of nitrogens with zero attached hydrogens (tertiary/aromatic N) is 3. The molecule has 124 valence electrons. The molecule has 2 heterocycles. The topological polar surface area (TPSA) is 28.6 Å². The van der Waals surface area contributed by atoms with Crippen LogP contribution >= 0.6 is 11.3 Å². The fourth-order valence-corrected chi connectivity index (χ4v) is 3.91. The van der Waals surface area contributed by atoms with Crippen LogP contribution in [0.1, 0.15) is 19.5 Å². The average Bonchev–Trinajstić information content (AvgIpc) is 3.06. The highest BCUT2D eigenvalue weighted by Gasteiger charge is 2.33. The highest BCUT2D eigenvalue weighted by molar-refractivity contribution is 7.07. The first kappa shape index (κ1) is 16.3. The van der Waals surface area contributed by atoms with Gasteiger partial charge in [0.1, 0.15) is 5.75 Å². The lowest BCUT2D eigenvalue weighted by Crippen LogP contribution is -2.59. The third-order valence-corrected chi connectivity index (χ3v) is 5.17. The van der Waals surface area contributed by atoms with Crippen LogP contribution in [0, 0.1) is 0 Å². The number of thiazole rings is 1. The molecule has 0 atom stereocenters. The minimum atomic E-state index is 0.120. The number of hydrogen-bond donors (Lipinski definition) is 0. The highest BCUT2D eigenvalue weighted by atomic mass is 32.1. The Morgan fingerprint density at radius 3 is 2.61 bits per heavy atom. The van der Waals surface area contributed by atoms with Crippen LogP contribution < -0.4 is 9.64 Å². The summed E-state index contributed by atoms with van der Waals surface area (Å²) in [6.45, 7) is 8.96. The van der Waals surface area contributed by atoms with Crippen LogP contribution in [-0.4, -0.2) is 48.7 Å². The van der Waals surface area contributed by atoms with Gasteiger partial charge in [-0.2, -0.15) is 0 Å². The van der Waals surface area contributed by atoms with E-state index < -0.39 is 0 Å². The van der Waals surface area contributed by atoms with Gasteiger partial charge in [-0.15, -0.1) is 11.3 Å². The van der Waals surface area contributed by atoms with Crippen molar-refractivity contribution in [1.82, 2.24) is 9.88 Å². The molecular weight excluding hydrogens is 306 g/mol. The Morgan fingerprint density at radius 1 is 1.22 bits per heavy atom. The van der Waals surface area contributed by atoms with E-state index in [0.29, 0.717) is 0 Å². The number of benzene rings is 1. The molecule has 23 heavy (non-hydrogen) atoms. The number of methoxy groups -OCH3 is 1. The van der Waals surface area contributed by atoms with Gasteiger partial charge >= 0.3 is 0 Å². The molecule has 0 N–H and O–H groups in total. The van der Waals surface area contributed by atoms with E-state index in [-0.39, 0.29) is 5.54 Å². The number of piperazine rings is 1. The van der Waals surface area contributed by atoms with Crippen molar-refractivity contribution in [3.05, 3.63) is 40.8 Å². The first-order chi connectivity index (χ1) is 11.1. The van der Waals surface area contributed by atoms with E-state index in [4.69, 9.17) is 4.74 Å². The molecule has 3 rings (SSSR count). The quantitative estimate of drug-likeness (QED) is 0.840. The maximum atomic E-state index is 5.26. The van der Waals surface area contributed by atoms with Gasteiger partial charge in [0, 0.05) is 49.2 Å². The summed E-state index contributed by atoms with van der Waals surface area (Å²) in [6, 6.07) is 8.40. The monoisotopic (exact) mass is 331 g/mol. The van der Waals surface area contributed by atoms with E-state index in [1.807, 2.05) is 17.6 Å². The Labute approximate surface area is 142 Å². The van der Waals surface area contributed by atoms with Crippen molar-refractivity contribution in [2.24, 2.45) is 0 Å². The Balaban J connectivity index is 1.62. The van der Waals surface area contributed by atoms with Crippen LogP contribution in [0.15, 0.2) is 35.2 Å². The van der Waals surface area contributed by atoms with Crippen molar-refractivity contribution in [2.75, 3.05) is 38.2 Å². The Bertz CT molecular complexity index is 610. The fraction of sp³-hybridized carbons (Fsp3) is 0.500. The summed E-state index contributed by atoms with van der Waals surface area (Å²) in [4.78, 5) is 9.45. The SMILES string of the molecule is COc1ccc(N2CCN(CCc3cscn3)CC2(C)C)cc1. The molecule has 1 aromatic heterocycles. The van der Waals surface area contributed by atoms with Crippen LogP contribution in [0.2, 0.25) is 0 Å². The van der Waals surface area contributed by atoms with E-state index in [1.165, 1.54) is 11.4 Å². The summed E-state index contributed by atoms with van der Waals surface area (Å²) < 4.78 is 5.26. The summed E-state index contributed by atoms with van der Waals surface area (Å²) in [7, 11) is 1.71. The minimum absolute atomic E-state index is 0.120. The summed E-state index contributed by atoms with van der Waals surface area (Å²) in [5, 5.41) is 2.15. The van der Waals surface area contributed by atoms with Crippen LogP contribution in [0.5, 0.6) is 5.75 Å². The zero-order valence-electron chi connectivity index (χ0n) is 14.2. The molecule has 0 amide bonds. The molecule has 0 saturated carbocycles. The lowest BCUT2D eigenvalue weighted by Gasteiger charge is -2.48. The number of anilines is 1. The van der Waals surface area contributed by atoms with Crippen molar-refractivity contribution in [3.63, 3.8) is 0 Å². The molecule has 1 aromatic carbocycles. The van der Waals surface area contributed by atoms with E-state index in [1.54, 1.807) is 18.4 Å². The maximum Gasteiger partial charge on any atom is 0.119 e. The van der Waals surface area contributed by atoms with Crippen LogP contribution in [0.3, 0.4) is 0 Å². The molecule has 1 fully saturated rings. The van der Waals surface area contributed by atoms with Crippen molar-refractivity contribution >= 4 is 17.0 Å². The van der Waals surface area contributed by atoms with Gasteiger partial charge in [0.15, 0.2) is 0 Å². The zero-order valence-corrected chi connectivity index (χ0v) is 15.0. The molecule has 5 heteroatoms. The summed E-state index contributed by atoms with van der Waals surface area (Å²) in [6.07, 6.45) is 1.04. The van der Waals surface area contributed by atoms with Crippen LogP contribution in [0.4, 0.5) is 5.69 Å². The van der Waals surface area contributed by atoms with E-state index in [9.17, 15) is 0 Å². The number of ether oxygens (including phenoxy) is 1. The summed E-state index contributed by atoms with van der Waals surface area (Å²) in [5.74, 6) is 0.911. The molecule has 0 spiro atoms. The molecule has 4 nitrogen and oxygen atoms in total. The second-order valence-electron chi connectivity index (χ2n) is 6.67. The first-order valence-electron chi connectivity index (χ1n) is 8.09. The molecule has 1 saturated heterocycles. The molecule has 0 aliphatic carbocycles. The molecule has 0 unspecified atom stereocenters. The maximum absolute atomic E-state index is 5.26. The molecule has 0 bridgehead atoms. The van der Waals surface area contributed by atoms with Gasteiger partial charge < -0.3 is 9.64 Å². The Kier molecular flexibility index (Phi) is 4.87. The Morgan fingerprint density at radius 2 is 2.00 bits per heavy atom. The van der Waals surface area contributed by atoms with Gasteiger partial charge in [0.2, 0.25) is 0 Å². The average molecular weight is 331 g/mol.